The Hall–Kier alpha value is -1.80. The molecule has 0 radical (unpaired) electrons. The Morgan fingerprint density at radius 3 is 2.06 bits per heavy atom. The van der Waals surface area contributed by atoms with Gasteiger partial charge in [-0.15, -0.1) is 0 Å². The number of halogens is 7. The van der Waals surface area contributed by atoms with Crippen LogP contribution in [0.25, 0.3) is 0 Å². The van der Waals surface area contributed by atoms with Gasteiger partial charge in [-0.05, 0) is 12.1 Å². The molecule has 1 rings (SSSR count). The third-order valence-corrected chi connectivity index (χ3v) is 1.71. The summed E-state index contributed by atoms with van der Waals surface area (Å²) in [7, 11) is 0. The van der Waals surface area contributed by atoms with E-state index in [0.29, 0.717) is 12.1 Å². The van der Waals surface area contributed by atoms with Gasteiger partial charge in [0.05, 0.1) is 0 Å². The zero-order valence-electron chi connectivity index (χ0n) is 8.19. The second kappa shape index (κ2) is 4.46. The summed E-state index contributed by atoms with van der Waals surface area (Å²) in [5.41, 5.74) is 0. The molecule has 100 valence electrons. The van der Waals surface area contributed by atoms with Crippen molar-refractivity contribution in [2.24, 2.45) is 0 Å². The van der Waals surface area contributed by atoms with Gasteiger partial charge < -0.3 is 4.74 Å². The summed E-state index contributed by atoms with van der Waals surface area (Å²) < 4.78 is 88.9. The van der Waals surface area contributed by atoms with Crippen LogP contribution in [0.3, 0.4) is 0 Å². The Morgan fingerprint density at radius 1 is 1.06 bits per heavy atom. The molecule has 0 atom stereocenters. The van der Waals surface area contributed by atoms with Crippen LogP contribution in [0.4, 0.5) is 30.7 Å². The van der Waals surface area contributed by atoms with Gasteiger partial charge in [-0.25, -0.2) is 13.6 Å². The van der Waals surface area contributed by atoms with Crippen molar-refractivity contribution in [2.75, 3.05) is 0 Å². The highest BCUT2D eigenvalue weighted by molar-refractivity contribution is 5.80. The standard InChI is InChI=1S/C9H3F7O2/c10-4-1-2-6(5(11)3-4)18-7(17)8(12,13)9(14,15)16/h1-3H. The second-order valence-corrected chi connectivity index (χ2v) is 3.04. The van der Waals surface area contributed by atoms with E-state index >= 15 is 0 Å². The molecule has 1 aromatic carbocycles. The fourth-order valence-corrected chi connectivity index (χ4v) is 0.838. The Labute approximate surface area is 95.0 Å². The zero-order valence-corrected chi connectivity index (χ0v) is 8.19. The number of rotatable bonds is 2. The lowest BCUT2D eigenvalue weighted by Crippen LogP contribution is -2.46. The molecule has 0 spiro atoms. The Morgan fingerprint density at radius 2 is 1.61 bits per heavy atom. The van der Waals surface area contributed by atoms with Crippen molar-refractivity contribution in [2.45, 2.75) is 12.1 Å². The largest absolute Gasteiger partial charge is 0.465 e. The molecule has 0 saturated heterocycles. The van der Waals surface area contributed by atoms with Gasteiger partial charge in [0.25, 0.3) is 0 Å². The first-order valence-corrected chi connectivity index (χ1v) is 4.17. The highest BCUT2D eigenvalue weighted by Crippen LogP contribution is 2.36. The van der Waals surface area contributed by atoms with Crippen molar-refractivity contribution in [3.63, 3.8) is 0 Å². The molecule has 18 heavy (non-hydrogen) atoms. The van der Waals surface area contributed by atoms with Crippen LogP contribution in [0.1, 0.15) is 0 Å². The second-order valence-electron chi connectivity index (χ2n) is 3.04. The van der Waals surface area contributed by atoms with Crippen LogP contribution in [0.5, 0.6) is 5.75 Å². The molecule has 0 amide bonds. The van der Waals surface area contributed by atoms with E-state index in [0.717, 1.165) is 0 Å². The van der Waals surface area contributed by atoms with E-state index in [2.05, 4.69) is 4.74 Å². The van der Waals surface area contributed by atoms with Crippen LogP contribution in [0, 0.1) is 11.6 Å². The molecule has 2 nitrogen and oxygen atoms in total. The maximum atomic E-state index is 12.9. The normalized spacial score (nSPS) is 12.4. The lowest BCUT2D eigenvalue weighted by atomic mass is 10.3. The van der Waals surface area contributed by atoms with Crippen molar-refractivity contribution in [3.8, 4) is 5.75 Å². The van der Waals surface area contributed by atoms with Gasteiger partial charge in [-0.3, -0.25) is 0 Å². The number of carbonyl (C=O) groups excluding carboxylic acids is 1. The van der Waals surface area contributed by atoms with Crippen molar-refractivity contribution in [1.82, 2.24) is 0 Å². The molecule has 0 N–H and O–H groups in total. The zero-order chi connectivity index (χ0) is 14.1. The van der Waals surface area contributed by atoms with Crippen LogP contribution in [0.15, 0.2) is 18.2 Å². The van der Waals surface area contributed by atoms with Gasteiger partial charge in [0, 0.05) is 6.07 Å². The molecule has 0 aliphatic heterocycles. The SMILES string of the molecule is O=C(Oc1ccc(F)cc1F)C(F)(F)C(F)(F)F. The molecule has 0 unspecified atom stereocenters. The number of alkyl halides is 5. The number of ether oxygens (including phenoxy) is 1. The van der Waals surface area contributed by atoms with E-state index < -0.39 is 35.5 Å². The minimum Gasteiger partial charge on any atom is -0.419 e. The maximum absolute atomic E-state index is 12.9. The lowest BCUT2D eigenvalue weighted by Gasteiger charge is -2.17. The molecule has 9 heteroatoms. The van der Waals surface area contributed by atoms with Gasteiger partial charge in [0.15, 0.2) is 11.6 Å². The molecule has 0 aliphatic rings. The van der Waals surface area contributed by atoms with Crippen LogP contribution in [-0.2, 0) is 4.79 Å². The summed E-state index contributed by atoms with van der Waals surface area (Å²) in [6, 6.07) is 1.10. The molecule has 0 aliphatic carbocycles. The summed E-state index contributed by atoms with van der Waals surface area (Å²) in [5, 5.41) is 0. The summed E-state index contributed by atoms with van der Waals surface area (Å²) >= 11 is 0. The Bertz CT molecular complexity index is 466. The molecule has 0 fully saturated rings. The van der Waals surface area contributed by atoms with Crippen molar-refractivity contribution in [1.29, 1.82) is 0 Å². The van der Waals surface area contributed by atoms with E-state index in [9.17, 15) is 35.5 Å². The van der Waals surface area contributed by atoms with Crippen LogP contribution >= 0.6 is 0 Å². The van der Waals surface area contributed by atoms with Crippen LogP contribution in [-0.4, -0.2) is 18.1 Å². The molecule has 0 aromatic heterocycles. The fraction of sp³-hybridized carbons (Fsp3) is 0.222. The lowest BCUT2D eigenvalue weighted by molar-refractivity contribution is -0.276. The number of esters is 1. The third-order valence-electron chi connectivity index (χ3n) is 1.71. The first-order valence-electron chi connectivity index (χ1n) is 4.17. The van der Waals surface area contributed by atoms with E-state index in [1.54, 1.807) is 0 Å². The molecule has 0 heterocycles. The van der Waals surface area contributed by atoms with Crippen molar-refractivity contribution < 1.29 is 40.3 Å². The number of hydrogen-bond donors (Lipinski definition) is 0. The first-order chi connectivity index (χ1) is 8.05. The Balaban J connectivity index is 2.95. The molecular formula is C9H3F7O2. The summed E-state index contributed by atoms with van der Waals surface area (Å²) in [6.45, 7) is 0. The number of carbonyl (C=O) groups is 1. The van der Waals surface area contributed by atoms with Gasteiger partial charge in [0.2, 0.25) is 0 Å². The van der Waals surface area contributed by atoms with Crippen LogP contribution in [0.2, 0.25) is 0 Å². The Kier molecular flexibility index (Phi) is 3.54. The van der Waals surface area contributed by atoms with Gasteiger partial charge in [0.1, 0.15) is 5.82 Å². The molecule has 0 bridgehead atoms. The summed E-state index contributed by atoms with van der Waals surface area (Å²) in [6.07, 6.45) is -6.17. The smallest absolute Gasteiger partial charge is 0.419 e. The van der Waals surface area contributed by atoms with E-state index in [1.165, 1.54) is 0 Å². The summed E-state index contributed by atoms with van der Waals surface area (Å²) in [4.78, 5) is 10.6. The number of benzene rings is 1. The predicted molar refractivity (Wildman–Crippen MR) is 43.0 cm³/mol. The van der Waals surface area contributed by atoms with E-state index in [4.69, 9.17) is 0 Å². The monoisotopic (exact) mass is 276 g/mol. The average molecular weight is 276 g/mol. The third kappa shape index (κ3) is 2.71. The van der Waals surface area contributed by atoms with E-state index in [1.807, 2.05) is 0 Å². The predicted octanol–water partition coefficient (Wildman–Crippen LogP) is 3.07. The van der Waals surface area contributed by atoms with Gasteiger partial charge in [-0.2, -0.15) is 22.0 Å². The fourth-order valence-electron chi connectivity index (χ4n) is 0.838. The summed E-state index contributed by atoms with van der Waals surface area (Å²) in [5.74, 6) is -12.7. The van der Waals surface area contributed by atoms with Crippen LogP contribution < -0.4 is 4.74 Å². The minimum absolute atomic E-state index is 0.161. The van der Waals surface area contributed by atoms with Crippen molar-refractivity contribution in [3.05, 3.63) is 29.8 Å². The minimum atomic E-state index is -6.17. The molecule has 0 saturated carbocycles. The molecular weight excluding hydrogens is 273 g/mol. The topological polar surface area (TPSA) is 26.3 Å². The van der Waals surface area contributed by atoms with Gasteiger partial charge in [-0.1, -0.05) is 0 Å². The average Bonchev–Trinajstić information content (AvgIpc) is 2.20. The van der Waals surface area contributed by atoms with Gasteiger partial charge >= 0.3 is 18.1 Å². The molecule has 1 aromatic rings. The highest BCUT2D eigenvalue weighted by Gasteiger charge is 2.65. The first kappa shape index (κ1) is 14.3. The maximum Gasteiger partial charge on any atom is 0.465 e. The quantitative estimate of drug-likeness (QED) is 0.471. The van der Waals surface area contributed by atoms with Crippen molar-refractivity contribution >= 4 is 5.97 Å². The number of hydrogen-bond acceptors (Lipinski definition) is 2. The highest BCUT2D eigenvalue weighted by atomic mass is 19.4. The van der Waals surface area contributed by atoms with E-state index in [-0.39, 0.29) is 6.07 Å².